The molecule has 0 spiro atoms. The molecule has 0 aliphatic heterocycles. The second-order valence-electron chi connectivity index (χ2n) is 7.88. The number of hydrogen-bond donors (Lipinski definition) is 1. The molecule has 1 N–H and O–H groups in total. The predicted molar refractivity (Wildman–Crippen MR) is 136 cm³/mol. The van der Waals surface area contributed by atoms with Gasteiger partial charge in [0.15, 0.2) is 15.0 Å². The quantitative estimate of drug-likeness (QED) is 0.373. The minimum atomic E-state index is -3.36. The van der Waals surface area contributed by atoms with Crippen LogP contribution in [0.3, 0.4) is 0 Å². The third kappa shape index (κ3) is 5.48. The molecule has 13 heteroatoms. The van der Waals surface area contributed by atoms with Gasteiger partial charge in [-0.05, 0) is 48.9 Å². The van der Waals surface area contributed by atoms with Crippen LogP contribution in [-0.2, 0) is 14.6 Å². The summed E-state index contributed by atoms with van der Waals surface area (Å²) in [4.78, 5) is 30.5. The van der Waals surface area contributed by atoms with Crippen LogP contribution in [0.15, 0.2) is 70.7 Å². The van der Waals surface area contributed by atoms with Crippen molar-refractivity contribution in [1.29, 1.82) is 0 Å². The molecule has 0 radical (unpaired) electrons. The second kappa shape index (κ2) is 10.2. The van der Waals surface area contributed by atoms with Crippen molar-refractivity contribution in [2.75, 3.05) is 11.6 Å². The Morgan fingerprint density at radius 3 is 2.42 bits per heavy atom. The van der Waals surface area contributed by atoms with Crippen molar-refractivity contribution in [1.82, 2.24) is 24.5 Å². The molecule has 2 aromatic heterocycles. The van der Waals surface area contributed by atoms with Gasteiger partial charge < -0.3 is 5.32 Å². The van der Waals surface area contributed by atoms with Gasteiger partial charge in [-0.1, -0.05) is 35.3 Å². The number of halogens is 2. The van der Waals surface area contributed by atoms with E-state index in [2.05, 4.69) is 20.6 Å². The Hall–Kier alpha value is -3.54. The fourth-order valence-corrected chi connectivity index (χ4v) is 4.51. The first-order valence-corrected chi connectivity index (χ1v) is 13.3. The summed E-state index contributed by atoms with van der Waals surface area (Å²) in [6.45, 7) is 1.76. The summed E-state index contributed by atoms with van der Waals surface area (Å²) < 4.78 is 26.0. The van der Waals surface area contributed by atoms with E-state index in [1.165, 1.54) is 52.1 Å². The number of nitrogens with zero attached hydrogens (tertiary/aromatic N) is 5. The van der Waals surface area contributed by atoms with Crippen LogP contribution >= 0.6 is 23.2 Å². The zero-order chi connectivity index (χ0) is 26.0. The highest BCUT2D eigenvalue weighted by Crippen LogP contribution is 2.28. The van der Waals surface area contributed by atoms with Gasteiger partial charge in [0.2, 0.25) is 5.91 Å². The van der Waals surface area contributed by atoms with E-state index in [1.807, 2.05) is 0 Å². The van der Waals surface area contributed by atoms with E-state index in [9.17, 15) is 18.0 Å². The summed E-state index contributed by atoms with van der Waals surface area (Å²) in [5, 5.41) is 11.1. The molecule has 0 fully saturated rings. The first-order chi connectivity index (χ1) is 17.1. The van der Waals surface area contributed by atoms with Crippen LogP contribution in [0.25, 0.3) is 16.9 Å². The molecule has 0 aliphatic rings. The molecule has 0 bridgehead atoms. The summed E-state index contributed by atoms with van der Waals surface area (Å²) in [6, 6.07) is 11.3. The first kappa shape index (κ1) is 25.5. The molecule has 0 saturated carbocycles. The second-order valence-corrected chi connectivity index (χ2v) is 10.7. The van der Waals surface area contributed by atoms with Gasteiger partial charge in [0.25, 0.3) is 5.56 Å². The van der Waals surface area contributed by atoms with Crippen molar-refractivity contribution in [3.8, 4) is 16.9 Å². The van der Waals surface area contributed by atoms with Crippen molar-refractivity contribution in [3.05, 3.63) is 81.6 Å². The molecular weight excluding hydrogens is 527 g/mol. The molecule has 1 atom stereocenters. The fraction of sp³-hybridized carbons (Fsp3) is 0.174. The number of amides is 1. The normalized spacial score (nSPS) is 12.3. The lowest BCUT2D eigenvalue weighted by Crippen LogP contribution is -2.33. The maximum Gasteiger partial charge on any atom is 0.254 e. The van der Waals surface area contributed by atoms with Crippen LogP contribution in [0.1, 0.15) is 19.4 Å². The number of aromatic nitrogens is 5. The van der Waals surface area contributed by atoms with Crippen LogP contribution in [0.4, 0.5) is 5.69 Å². The van der Waals surface area contributed by atoms with Crippen molar-refractivity contribution in [2.45, 2.75) is 24.3 Å². The average Bonchev–Trinajstić information content (AvgIpc) is 3.26. The molecule has 186 valence electrons. The summed E-state index contributed by atoms with van der Waals surface area (Å²) in [5.41, 5.74) is 1.37. The van der Waals surface area contributed by atoms with Crippen molar-refractivity contribution < 1.29 is 13.2 Å². The topological polar surface area (TPSA) is 129 Å². The molecule has 1 amide bonds. The Bertz CT molecular complexity index is 1600. The van der Waals surface area contributed by atoms with Crippen LogP contribution in [0, 0.1) is 0 Å². The van der Waals surface area contributed by atoms with E-state index >= 15 is 0 Å². The number of carbonyl (C=O) groups excluding carboxylic acids is 1. The van der Waals surface area contributed by atoms with Gasteiger partial charge in [-0.15, -0.1) is 5.10 Å². The third-order valence-electron chi connectivity index (χ3n) is 5.36. The van der Waals surface area contributed by atoms with Gasteiger partial charge in [-0.2, -0.15) is 0 Å². The molecule has 2 aromatic carbocycles. The Balaban J connectivity index is 1.63. The Morgan fingerprint density at radius 1 is 1.11 bits per heavy atom. The number of nitrogens with one attached hydrogen (secondary N) is 1. The zero-order valence-electron chi connectivity index (χ0n) is 19.1. The summed E-state index contributed by atoms with van der Waals surface area (Å²) in [5.74, 6) is -0.443. The number of hydrogen-bond acceptors (Lipinski definition) is 7. The number of rotatable bonds is 7. The highest BCUT2D eigenvalue weighted by Gasteiger charge is 2.21. The summed E-state index contributed by atoms with van der Waals surface area (Å²) >= 11 is 12.1. The van der Waals surface area contributed by atoms with Gasteiger partial charge in [-0.25, -0.2) is 18.1 Å². The smallest absolute Gasteiger partial charge is 0.254 e. The van der Waals surface area contributed by atoms with Crippen LogP contribution in [-0.4, -0.2) is 45.1 Å². The minimum absolute atomic E-state index is 0.136. The van der Waals surface area contributed by atoms with Crippen molar-refractivity contribution >= 4 is 44.6 Å². The van der Waals surface area contributed by atoms with Gasteiger partial charge in [-0.3, -0.25) is 14.2 Å². The highest BCUT2D eigenvalue weighted by atomic mass is 35.5. The van der Waals surface area contributed by atoms with Gasteiger partial charge >= 0.3 is 0 Å². The van der Waals surface area contributed by atoms with Gasteiger partial charge in [0, 0.05) is 28.6 Å². The summed E-state index contributed by atoms with van der Waals surface area (Å²) in [6.07, 6.45) is 4.23. The Labute approximate surface area is 216 Å². The highest BCUT2D eigenvalue weighted by molar-refractivity contribution is 7.90. The van der Waals surface area contributed by atoms with Crippen molar-refractivity contribution in [2.24, 2.45) is 0 Å². The van der Waals surface area contributed by atoms with E-state index in [0.29, 0.717) is 34.1 Å². The predicted octanol–water partition coefficient (Wildman–Crippen LogP) is 3.79. The average molecular weight is 547 g/mol. The van der Waals surface area contributed by atoms with Crippen molar-refractivity contribution in [3.63, 3.8) is 0 Å². The molecule has 0 aliphatic carbocycles. The zero-order valence-corrected chi connectivity index (χ0v) is 21.4. The SMILES string of the molecule is CC[C@@H](C(=O)Nc1ccc(S(C)(=O)=O)cc1)n1cnc(-c2cc(Cl)ccc2-n2cc(Cl)nn2)cc1=O. The fourth-order valence-electron chi connectivity index (χ4n) is 3.59. The molecule has 4 rings (SSSR count). The van der Waals surface area contributed by atoms with E-state index in [-0.39, 0.29) is 10.0 Å². The molecule has 36 heavy (non-hydrogen) atoms. The third-order valence-corrected chi connectivity index (χ3v) is 6.89. The molecular formula is C23H20Cl2N6O4S. The molecule has 0 saturated heterocycles. The molecule has 2 heterocycles. The van der Waals surface area contributed by atoms with E-state index < -0.39 is 27.3 Å². The number of sulfone groups is 1. The lowest BCUT2D eigenvalue weighted by atomic mass is 10.1. The standard InChI is InChI=1S/C23H20Cl2N6O4S/c1-3-19(23(33)27-15-5-7-16(8-6-15)36(2,34)35)30-13-26-18(11-22(30)32)17-10-14(24)4-9-20(17)31-12-21(25)28-29-31/h4-13,19H,3H2,1-2H3,(H,27,33)/t19-/m0/s1. The number of benzene rings is 2. The monoisotopic (exact) mass is 546 g/mol. The van der Waals surface area contributed by atoms with E-state index in [0.717, 1.165) is 6.26 Å². The van der Waals surface area contributed by atoms with Crippen LogP contribution in [0.2, 0.25) is 10.2 Å². The van der Waals surface area contributed by atoms with Crippen LogP contribution < -0.4 is 10.9 Å². The lowest BCUT2D eigenvalue weighted by Gasteiger charge is -2.18. The Kier molecular flexibility index (Phi) is 7.25. The molecule has 0 unspecified atom stereocenters. The maximum absolute atomic E-state index is 13.0. The number of anilines is 1. The number of carbonyl (C=O) groups is 1. The lowest BCUT2D eigenvalue weighted by molar-refractivity contribution is -0.119. The first-order valence-electron chi connectivity index (χ1n) is 10.6. The van der Waals surface area contributed by atoms with E-state index in [1.54, 1.807) is 25.1 Å². The van der Waals surface area contributed by atoms with Crippen LogP contribution in [0.5, 0.6) is 0 Å². The maximum atomic E-state index is 13.0. The molecule has 4 aromatic rings. The van der Waals surface area contributed by atoms with Gasteiger partial charge in [0.1, 0.15) is 6.04 Å². The van der Waals surface area contributed by atoms with Gasteiger partial charge in [0.05, 0.1) is 28.8 Å². The summed E-state index contributed by atoms with van der Waals surface area (Å²) in [7, 11) is -3.36. The minimum Gasteiger partial charge on any atom is -0.324 e. The largest absolute Gasteiger partial charge is 0.324 e. The van der Waals surface area contributed by atoms with E-state index in [4.69, 9.17) is 23.2 Å². The molecule has 10 nitrogen and oxygen atoms in total. The Morgan fingerprint density at radius 2 is 1.83 bits per heavy atom.